The Hall–Kier alpha value is -2.29. The van der Waals surface area contributed by atoms with E-state index in [0.717, 1.165) is 22.6 Å². The summed E-state index contributed by atoms with van der Waals surface area (Å²) in [5.41, 5.74) is 5.51. The highest BCUT2D eigenvalue weighted by molar-refractivity contribution is 5.89. The Morgan fingerprint density at radius 3 is 2.53 bits per heavy atom. The molecule has 0 aliphatic carbocycles. The molecule has 3 rings (SSSR count). The number of hydrogen-bond donors (Lipinski definition) is 2. The molecular formula is C16H17N3. The molecule has 0 aliphatic heterocycles. The summed E-state index contributed by atoms with van der Waals surface area (Å²) in [7, 11) is 1.92. The van der Waals surface area contributed by atoms with Crippen LogP contribution in [-0.2, 0) is 0 Å². The predicted octanol–water partition coefficient (Wildman–Crippen LogP) is 3.89. The average Bonchev–Trinajstić information content (AvgIpc) is 2.79. The topological polar surface area (TPSA) is 40.7 Å². The second-order valence-electron chi connectivity index (χ2n) is 4.89. The van der Waals surface area contributed by atoms with Crippen LogP contribution in [0.3, 0.4) is 0 Å². The molecule has 3 heteroatoms. The van der Waals surface area contributed by atoms with Crippen LogP contribution in [0.15, 0.2) is 36.4 Å². The lowest BCUT2D eigenvalue weighted by atomic mass is 10.0. The Bertz CT molecular complexity index is 741. The first-order valence-electron chi connectivity index (χ1n) is 6.42. The van der Waals surface area contributed by atoms with Crippen molar-refractivity contribution < 1.29 is 0 Å². The predicted molar refractivity (Wildman–Crippen MR) is 80.6 cm³/mol. The van der Waals surface area contributed by atoms with E-state index in [4.69, 9.17) is 0 Å². The summed E-state index contributed by atoms with van der Waals surface area (Å²) in [5.74, 6) is 0. The molecule has 19 heavy (non-hydrogen) atoms. The van der Waals surface area contributed by atoms with Gasteiger partial charge in [-0.25, -0.2) is 0 Å². The van der Waals surface area contributed by atoms with Gasteiger partial charge in [0.05, 0.1) is 11.4 Å². The fraction of sp³-hybridized carbons (Fsp3) is 0.188. The molecule has 3 aromatic rings. The van der Waals surface area contributed by atoms with Crippen molar-refractivity contribution in [2.24, 2.45) is 0 Å². The van der Waals surface area contributed by atoms with Gasteiger partial charge in [-0.1, -0.05) is 35.9 Å². The van der Waals surface area contributed by atoms with Gasteiger partial charge >= 0.3 is 0 Å². The molecule has 0 radical (unpaired) electrons. The number of rotatable bonds is 2. The molecule has 1 heterocycles. The minimum atomic E-state index is 0.975. The Morgan fingerprint density at radius 2 is 1.74 bits per heavy atom. The van der Waals surface area contributed by atoms with Gasteiger partial charge in [-0.15, -0.1) is 0 Å². The molecule has 0 aliphatic rings. The van der Waals surface area contributed by atoms with Gasteiger partial charge in [-0.2, -0.15) is 5.10 Å². The van der Waals surface area contributed by atoms with E-state index in [-0.39, 0.29) is 0 Å². The fourth-order valence-electron chi connectivity index (χ4n) is 2.46. The molecule has 0 saturated carbocycles. The van der Waals surface area contributed by atoms with Crippen LogP contribution in [0.25, 0.3) is 22.0 Å². The van der Waals surface area contributed by atoms with Crippen molar-refractivity contribution in [2.75, 3.05) is 12.4 Å². The normalized spacial score (nSPS) is 10.9. The maximum Gasteiger partial charge on any atom is 0.115 e. The zero-order valence-electron chi connectivity index (χ0n) is 11.4. The Labute approximate surface area is 112 Å². The number of anilines is 1. The number of nitrogens with zero attached hydrogens (tertiary/aromatic N) is 1. The van der Waals surface area contributed by atoms with Crippen LogP contribution in [-0.4, -0.2) is 17.2 Å². The SMILES string of the molecule is CNc1c(-c2ccc3cc(C)ccc3c2)n[nH]c1C. The van der Waals surface area contributed by atoms with Gasteiger partial charge in [0.25, 0.3) is 0 Å². The third-order valence-corrected chi connectivity index (χ3v) is 3.47. The average molecular weight is 251 g/mol. The molecule has 0 bridgehead atoms. The first-order valence-corrected chi connectivity index (χ1v) is 6.42. The molecule has 0 fully saturated rings. The molecular weight excluding hydrogens is 234 g/mol. The lowest BCUT2D eigenvalue weighted by molar-refractivity contribution is 1.05. The van der Waals surface area contributed by atoms with Crippen LogP contribution >= 0.6 is 0 Å². The summed E-state index contributed by atoms with van der Waals surface area (Å²) in [5, 5.41) is 13.1. The molecule has 2 N–H and O–H groups in total. The van der Waals surface area contributed by atoms with E-state index in [2.05, 4.69) is 58.8 Å². The summed E-state index contributed by atoms with van der Waals surface area (Å²) in [6.07, 6.45) is 0. The van der Waals surface area contributed by atoms with Crippen LogP contribution in [0, 0.1) is 13.8 Å². The summed E-state index contributed by atoms with van der Waals surface area (Å²) in [6, 6.07) is 13.0. The molecule has 1 aromatic heterocycles. The molecule has 0 amide bonds. The maximum atomic E-state index is 4.39. The van der Waals surface area contributed by atoms with Gasteiger partial charge in [0, 0.05) is 12.6 Å². The van der Waals surface area contributed by atoms with Crippen LogP contribution in [0.4, 0.5) is 5.69 Å². The molecule has 3 nitrogen and oxygen atoms in total. The number of aromatic nitrogens is 2. The Morgan fingerprint density at radius 1 is 1.00 bits per heavy atom. The molecule has 0 unspecified atom stereocenters. The van der Waals surface area contributed by atoms with Gasteiger partial charge in [0.1, 0.15) is 5.69 Å². The third kappa shape index (κ3) is 1.97. The summed E-state index contributed by atoms with van der Waals surface area (Å²) in [6.45, 7) is 4.14. The highest BCUT2D eigenvalue weighted by Gasteiger charge is 2.11. The van der Waals surface area contributed by atoms with Crippen molar-refractivity contribution in [3.05, 3.63) is 47.7 Å². The number of nitrogens with one attached hydrogen (secondary N) is 2. The quantitative estimate of drug-likeness (QED) is 0.725. The zero-order chi connectivity index (χ0) is 13.4. The Balaban J connectivity index is 2.17. The Kier molecular flexibility index (Phi) is 2.75. The summed E-state index contributed by atoms with van der Waals surface area (Å²) >= 11 is 0. The zero-order valence-corrected chi connectivity index (χ0v) is 11.4. The van der Waals surface area contributed by atoms with Crippen molar-refractivity contribution in [1.82, 2.24) is 10.2 Å². The van der Waals surface area contributed by atoms with E-state index in [9.17, 15) is 0 Å². The van der Waals surface area contributed by atoms with Gasteiger partial charge in [0.15, 0.2) is 0 Å². The number of fused-ring (bicyclic) bond motifs is 1. The third-order valence-electron chi connectivity index (χ3n) is 3.47. The number of hydrogen-bond acceptors (Lipinski definition) is 2. The van der Waals surface area contributed by atoms with E-state index < -0.39 is 0 Å². The molecule has 0 spiro atoms. The van der Waals surface area contributed by atoms with Crippen molar-refractivity contribution in [2.45, 2.75) is 13.8 Å². The monoisotopic (exact) mass is 251 g/mol. The molecule has 2 aromatic carbocycles. The number of aromatic amines is 1. The van der Waals surface area contributed by atoms with E-state index in [1.54, 1.807) is 0 Å². The van der Waals surface area contributed by atoms with Gasteiger partial charge in [0.2, 0.25) is 0 Å². The minimum Gasteiger partial charge on any atom is -0.385 e. The van der Waals surface area contributed by atoms with E-state index >= 15 is 0 Å². The van der Waals surface area contributed by atoms with Crippen LogP contribution in [0.2, 0.25) is 0 Å². The second kappa shape index (κ2) is 4.43. The van der Waals surface area contributed by atoms with E-state index in [0.29, 0.717) is 0 Å². The fourth-order valence-corrected chi connectivity index (χ4v) is 2.46. The van der Waals surface area contributed by atoms with Gasteiger partial charge in [-0.3, -0.25) is 5.10 Å². The van der Waals surface area contributed by atoms with Crippen molar-refractivity contribution in [3.8, 4) is 11.3 Å². The largest absolute Gasteiger partial charge is 0.385 e. The minimum absolute atomic E-state index is 0.975. The highest BCUT2D eigenvalue weighted by atomic mass is 15.1. The molecule has 96 valence electrons. The molecule has 0 atom stereocenters. The van der Waals surface area contributed by atoms with E-state index in [1.807, 2.05) is 14.0 Å². The molecule has 0 saturated heterocycles. The van der Waals surface area contributed by atoms with E-state index in [1.165, 1.54) is 16.3 Å². The van der Waals surface area contributed by atoms with Gasteiger partial charge < -0.3 is 5.32 Å². The summed E-state index contributed by atoms with van der Waals surface area (Å²) in [4.78, 5) is 0. The maximum absolute atomic E-state index is 4.39. The van der Waals surface area contributed by atoms with Crippen molar-refractivity contribution in [1.29, 1.82) is 0 Å². The lowest BCUT2D eigenvalue weighted by Crippen LogP contribution is -1.91. The number of aryl methyl sites for hydroxylation is 2. The first-order chi connectivity index (χ1) is 9.19. The van der Waals surface area contributed by atoms with Crippen LogP contribution in [0.1, 0.15) is 11.3 Å². The number of benzene rings is 2. The lowest BCUT2D eigenvalue weighted by Gasteiger charge is -2.05. The van der Waals surface area contributed by atoms with Crippen LogP contribution in [0.5, 0.6) is 0 Å². The van der Waals surface area contributed by atoms with Crippen molar-refractivity contribution >= 4 is 16.5 Å². The highest BCUT2D eigenvalue weighted by Crippen LogP contribution is 2.30. The van der Waals surface area contributed by atoms with Crippen LogP contribution < -0.4 is 5.32 Å². The number of H-pyrrole nitrogens is 1. The second-order valence-corrected chi connectivity index (χ2v) is 4.89. The smallest absolute Gasteiger partial charge is 0.115 e. The standard InChI is InChI=1S/C16H17N3/c1-10-4-5-13-9-14(7-6-12(13)8-10)16-15(17-3)11(2)18-19-16/h4-9,17H,1-3H3,(H,18,19). The van der Waals surface area contributed by atoms with Gasteiger partial charge in [-0.05, 0) is 30.7 Å². The van der Waals surface area contributed by atoms with Crippen molar-refractivity contribution in [3.63, 3.8) is 0 Å². The summed E-state index contributed by atoms with van der Waals surface area (Å²) < 4.78 is 0. The first kappa shape index (κ1) is 11.8.